The van der Waals surface area contributed by atoms with Gasteiger partial charge in [0.15, 0.2) is 0 Å². The van der Waals surface area contributed by atoms with Crippen LogP contribution in [-0.4, -0.2) is 45.4 Å². The normalized spacial score (nSPS) is 48.4. The molecule has 12 aliphatic rings. The van der Waals surface area contributed by atoms with Crippen molar-refractivity contribution in [1.29, 1.82) is 0 Å². The van der Waals surface area contributed by atoms with Gasteiger partial charge >= 0.3 is 17.9 Å². The number of ether oxygens (including phenoxy) is 2. The minimum atomic E-state index is -0.902. The van der Waals surface area contributed by atoms with Crippen molar-refractivity contribution < 1.29 is 39.2 Å². The number of aliphatic hydroxyl groups is 2. The number of hydrogen-bond acceptors (Lipinski definition) is 7. The van der Waals surface area contributed by atoms with Crippen LogP contribution >= 0.6 is 0 Å². The molecule has 14 rings (SSSR count). The Balaban J connectivity index is 0.698. The van der Waals surface area contributed by atoms with Gasteiger partial charge in [-0.15, -0.1) is 0 Å². The Morgan fingerprint density at radius 2 is 0.848 bits per heavy atom. The van der Waals surface area contributed by atoms with Crippen LogP contribution in [0.5, 0.6) is 0 Å². The molecule has 2 aromatic rings. The summed E-state index contributed by atoms with van der Waals surface area (Å²) < 4.78 is 14.9. The second-order valence-corrected chi connectivity index (χ2v) is 37.1. The van der Waals surface area contributed by atoms with E-state index in [1.165, 1.54) is 89.9 Å². The van der Waals surface area contributed by atoms with Crippen LogP contribution < -0.4 is 0 Å². The molecule has 12 saturated carbocycles. The van der Waals surface area contributed by atoms with Crippen molar-refractivity contribution in [3.63, 3.8) is 0 Å². The summed E-state index contributed by atoms with van der Waals surface area (Å²) in [6.07, 6.45) is 32.6. The highest BCUT2D eigenvalue weighted by molar-refractivity contribution is 5.71. The first-order chi connectivity index (χ1) is 43.9. The molecule has 12 aliphatic carbocycles. The maximum absolute atomic E-state index is 15.6. The lowest BCUT2D eigenvalue weighted by atomic mass is 9.39. The topological polar surface area (TPSA) is 130 Å². The van der Waals surface area contributed by atoms with Gasteiger partial charge in [-0.2, -0.15) is 0 Å². The molecule has 0 aromatic heterocycles. The number of esters is 2. The van der Waals surface area contributed by atoms with E-state index in [-0.39, 0.29) is 59.2 Å². The smallest absolute Gasteiger partial charge is 0.306 e. The quantitative estimate of drug-likeness (QED) is 0.142. The Labute approximate surface area is 556 Å². The third-order valence-corrected chi connectivity index (χ3v) is 34.1. The molecular weight excluding hydrogens is 1140 g/mol. The van der Waals surface area contributed by atoms with Gasteiger partial charge < -0.3 is 24.8 Å². The molecule has 12 fully saturated rings. The molecule has 0 heterocycles. The average molecular weight is 1260 g/mol. The summed E-state index contributed by atoms with van der Waals surface area (Å²) in [6, 6.07) is 21.8. The molecule has 0 saturated heterocycles. The molecule has 2 unspecified atom stereocenters. The van der Waals surface area contributed by atoms with Crippen molar-refractivity contribution in [1.82, 2.24) is 0 Å². The second-order valence-electron chi connectivity index (χ2n) is 37.1. The van der Waals surface area contributed by atoms with Gasteiger partial charge in [-0.05, 0) is 331 Å². The van der Waals surface area contributed by atoms with Gasteiger partial charge in [-0.25, -0.2) is 0 Å². The zero-order valence-corrected chi connectivity index (χ0v) is 58.8. The van der Waals surface area contributed by atoms with Crippen LogP contribution in [0.25, 0.3) is 0 Å². The van der Waals surface area contributed by atoms with Crippen molar-refractivity contribution in [2.75, 3.05) is 0 Å². The molecule has 28 atom stereocenters. The highest BCUT2D eigenvalue weighted by atomic mass is 16.6. The summed E-state index contributed by atoms with van der Waals surface area (Å²) in [7, 11) is 0. The summed E-state index contributed by atoms with van der Waals surface area (Å²) in [4.78, 5) is 42.9. The minimum absolute atomic E-state index is 0.0358. The van der Waals surface area contributed by atoms with Gasteiger partial charge in [0, 0.05) is 24.7 Å². The third kappa shape index (κ3) is 10.6. The van der Waals surface area contributed by atoms with E-state index >= 15 is 4.79 Å². The highest BCUT2D eigenvalue weighted by Gasteiger charge is 2.72. The second kappa shape index (κ2) is 24.6. The molecule has 0 bridgehead atoms. The maximum atomic E-state index is 15.6. The number of carboxylic acids is 1. The molecule has 0 spiro atoms. The van der Waals surface area contributed by atoms with Crippen LogP contribution in [0.4, 0.5) is 0 Å². The summed E-state index contributed by atoms with van der Waals surface area (Å²) in [5.74, 6) is 8.93. The largest absolute Gasteiger partial charge is 0.481 e. The Kier molecular flexibility index (Phi) is 17.7. The number of fused-ring (bicyclic) bond motifs is 15. The summed E-state index contributed by atoms with van der Waals surface area (Å²) >= 11 is 0. The molecule has 0 radical (unpaired) electrons. The van der Waals surface area contributed by atoms with Crippen LogP contribution in [0.1, 0.15) is 279 Å². The Morgan fingerprint density at radius 1 is 0.424 bits per heavy atom. The molecule has 2 aromatic carbocycles. The Hall–Kier alpha value is -3.23. The molecule has 0 amide bonds. The van der Waals surface area contributed by atoms with E-state index in [0.29, 0.717) is 88.8 Å². The third-order valence-electron chi connectivity index (χ3n) is 34.1. The van der Waals surface area contributed by atoms with Crippen LogP contribution in [0.15, 0.2) is 60.7 Å². The van der Waals surface area contributed by atoms with Crippen LogP contribution in [0.2, 0.25) is 0 Å². The average Bonchev–Trinajstić information content (AvgIpc) is 1.26. The first-order valence-corrected chi connectivity index (χ1v) is 39.0. The van der Waals surface area contributed by atoms with Gasteiger partial charge in [0.05, 0.1) is 12.2 Å². The van der Waals surface area contributed by atoms with E-state index in [4.69, 9.17) is 9.47 Å². The number of carboxylic acid groups (broad SMARTS) is 1. The Morgan fingerprint density at radius 3 is 1.38 bits per heavy atom. The first kappa shape index (κ1) is 66.0. The lowest BCUT2D eigenvalue weighted by molar-refractivity contribution is -0.251. The first-order valence-electron chi connectivity index (χ1n) is 39.0. The zero-order chi connectivity index (χ0) is 64.5. The van der Waals surface area contributed by atoms with E-state index in [1.54, 1.807) is 0 Å². The molecule has 8 heteroatoms. The SMILES string of the molecule is C[C@H](CCC(=O)OC1(c2ccccc2)CC[C@@]2(C)[C@H](CC[C@@H]3[C@@H]2CC(OC(=O)CC[C@@H](C)[C@H]2CC[C@H]4[C@@H]5CC[C@@H]6C[C@@H](O)CC[C@]6(C)[C@H]5CC[C@]24C)(c2ccccc2)[C@]2(C)[C@@H]([C@H](C)CCC(=O)O)CC[C@@H]32)C1)[C@H]1CC[C@H]2[C@@H]3CC[C@@H]4C[C@@H](O)CC[C@]4(C)[C@H]3CC[C@]12C. The van der Waals surface area contributed by atoms with Crippen molar-refractivity contribution in [2.24, 2.45) is 139 Å². The number of carbonyl (C=O) groups is 3. The number of carbonyl (C=O) groups excluding carboxylic acids is 2. The predicted octanol–water partition coefficient (Wildman–Crippen LogP) is 19.5. The van der Waals surface area contributed by atoms with Gasteiger partial charge in [0.1, 0.15) is 11.2 Å². The van der Waals surface area contributed by atoms with Crippen molar-refractivity contribution in [3.8, 4) is 0 Å². The molecule has 92 heavy (non-hydrogen) atoms. The summed E-state index contributed by atoms with van der Waals surface area (Å²) in [5, 5.41) is 31.5. The standard InChI is InChI=1S/C84H124O8/c1-52(65-29-32-68-62-26-23-57-48-60(85)38-42-77(57,4)70(62)40-44-80(65,68)7)21-36-75(89)91-83(55-16-12-10-13-17-55)47-46-79(6)59(50-83)25-28-64-72-34-31-67(54(3)20-35-74(87)88)82(72,9)84(51-73(64)79,56-18-14-11-15-19-56)92-76(90)37-22-53(2)66-30-33-69-63-27-24-58-49-61(86)39-43-78(58,5)71(63)41-45-81(66,69)8/h10-19,52-54,57-73,85-86H,20-51H2,1-9H3,(H,87,88)/t52-,53-,54-,57-,58-,59-,60+,61+,62+,63+,64+,65-,66-,67-,68+,69+,70+,71+,72+,73+,77+,78+,79+,80-,81-,82-,83?,84?/m1/s1. The number of hydrogen-bond donors (Lipinski definition) is 3. The fourth-order valence-electron chi connectivity index (χ4n) is 29.3. The zero-order valence-electron chi connectivity index (χ0n) is 58.8. The van der Waals surface area contributed by atoms with Crippen molar-refractivity contribution in [3.05, 3.63) is 71.8 Å². The number of rotatable bonds is 16. The molecule has 0 aliphatic heterocycles. The summed E-state index contributed by atoms with van der Waals surface area (Å²) in [5.41, 5.74) is 1.50. The van der Waals surface area contributed by atoms with Gasteiger partial charge in [-0.3, -0.25) is 14.4 Å². The lowest BCUT2D eigenvalue weighted by Gasteiger charge is -2.67. The minimum Gasteiger partial charge on any atom is -0.481 e. The maximum Gasteiger partial charge on any atom is 0.306 e. The fourth-order valence-corrected chi connectivity index (χ4v) is 29.3. The van der Waals surface area contributed by atoms with E-state index in [2.05, 4.69) is 123 Å². The predicted molar refractivity (Wildman–Crippen MR) is 364 cm³/mol. The van der Waals surface area contributed by atoms with Crippen LogP contribution in [-0.2, 0) is 35.1 Å². The molecule has 3 N–H and O–H groups in total. The highest BCUT2D eigenvalue weighted by Crippen LogP contribution is 2.76. The van der Waals surface area contributed by atoms with E-state index < -0.39 is 22.6 Å². The number of aliphatic hydroxyl groups excluding tert-OH is 2. The van der Waals surface area contributed by atoms with Gasteiger partial charge in [-0.1, -0.05) is 123 Å². The van der Waals surface area contributed by atoms with Crippen LogP contribution in [0.3, 0.4) is 0 Å². The molecule has 8 nitrogen and oxygen atoms in total. The number of aliphatic carboxylic acids is 1. The summed E-state index contributed by atoms with van der Waals surface area (Å²) in [6.45, 7) is 22.8. The van der Waals surface area contributed by atoms with E-state index in [0.717, 1.165) is 137 Å². The molecular formula is C84H124O8. The van der Waals surface area contributed by atoms with Crippen molar-refractivity contribution in [2.45, 2.75) is 291 Å². The fraction of sp³-hybridized carbons (Fsp3) is 0.821. The van der Waals surface area contributed by atoms with Crippen LogP contribution in [0, 0.1) is 139 Å². The van der Waals surface area contributed by atoms with Crippen molar-refractivity contribution >= 4 is 17.9 Å². The van der Waals surface area contributed by atoms with E-state index in [9.17, 15) is 24.9 Å². The van der Waals surface area contributed by atoms with Gasteiger partial charge in [0.2, 0.25) is 0 Å². The van der Waals surface area contributed by atoms with Gasteiger partial charge in [0.25, 0.3) is 0 Å². The monoisotopic (exact) mass is 1260 g/mol. The molecule has 508 valence electrons. The number of benzene rings is 2. The van der Waals surface area contributed by atoms with E-state index in [1.807, 2.05) is 0 Å². The Bertz CT molecular complexity index is 2980. The lowest BCUT2D eigenvalue weighted by Crippen LogP contribution is -2.64.